The molecule has 22 heavy (non-hydrogen) atoms. The van der Waals surface area contributed by atoms with Crippen LogP contribution in [-0.4, -0.2) is 36.6 Å². The standard InChI is InChI=1S/C17H25N3O2/c1-12(21)19-6-4-13-8-17(13)14-7-16(10-18-9-14)22-11-15-3-2-5-20-15/h7,9-10,13,15,17,20H,2-6,8,11H2,1H3,(H,19,21)/t13-,15+,17+/m1/s1. The summed E-state index contributed by atoms with van der Waals surface area (Å²) in [6.07, 6.45) is 8.42. The lowest BCUT2D eigenvalue weighted by Crippen LogP contribution is -2.28. The number of carbonyl (C=O) groups excluding carboxylic acids is 1. The van der Waals surface area contributed by atoms with Crippen LogP contribution in [0.2, 0.25) is 0 Å². The lowest BCUT2D eigenvalue weighted by molar-refractivity contribution is -0.118. The van der Waals surface area contributed by atoms with E-state index >= 15 is 0 Å². The fourth-order valence-corrected chi connectivity index (χ4v) is 3.22. The van der Waals surface area contributed by atoms with Gasteiger partial charge in [0.25, 0.3) is 0 Å². The van der Waals surface area contributed by atoms with Crippen LogP contribution in [0.25, 0.3) is 0 Å². The van der Waals surface area contributed by atoms with E-state index in [1.165, 1.54) is 24.8 Å². The van der Waals surface area contributed by atoms with Crippen LogP contribution in [0, 0.1) is 5.92 Å². The van der Waals surface area contributed by atoms with Gasteiger partial charge in [0.2, 0.25) is 5.91 Å². The Morgan fingerprint density at radius 2 is 2.41 bits per heavy atom. The average molecular weight is 303 g/mol. The fourth-order valence-electron chi connectivity index (χ4n) is 3.22. The minimum Gasteiger partial charge on any atom is -0.490 e. The molecule has 120 valence electrons. The van der Waals surface area contributed by atoms with Crippen molar-refractivity contribution in [3.63, 3.8) is 0 Å². The Hall–Kier alpha value is -1.62. The number of nitrogens with zero attached hydrogens (tertiary/aromatic N) is 1. The quantitative estimate of drug-likeness (QED) is 0.807. The molecule has 1 saturated heterocycles. The second-order valence-corrected chi connectivity index (χ2v) is 6.43. The van der Waals surface area contributed by atoms with Crippen LogP contribution in [0.4, 0.5) is 0 Å². The van der Waals surface area contributed by atoms with Gasteiger partial charge >= 0.3 is 0 Å². The topological polar surface area (TPSA) is 63.2 Å². The molecular formula is C17H25N3O2. The predicted octanol–water partition coefficient (Wildman–Crippen LogP) is 1.84. The molecule has 1 aliphatic heterocycles. The van der Waals surface area contributed by atoms with E-state index in [-0.39, 0.29) is 5.91 Å². The Balaban J connectivity index is 1.46. The summed E-state index contributed by atoms with van der Waals surface area (Å²) < 4.78 is 5.87. The molecule has 0 aromatic carbocycles. The zero-order valence-electron chi connectivity index (χ0n) is 13.2. The lowest BCUT2D eigenvalue weighted by Gasteiger charge is -2.12. The summed E-state index contributed by atoms with van der Waals surface area (Å²) in [5.74, 6) is 2.17. The second-order valence-electron chi connectivity index (χ2n) is 6.43. The molecule has 2 fully saturated rings. The minimum atomic E-state index is 0.0507. The molecule has 0 radical (unpaired) electrons. The highest BCUT2D eigenvalue weighted by molar-refractivity contribution is 5.72. The van der Waals surface area contributed by atoms with Crippen molar-refractivity contribution in [1.29, 1.82) is 0 Å². The molecular weight excluding hydrogens is 278 g/mol. The molecule has 1 aromatic rings. The minimum absolute atomic E-state index is 0.0507. The monoisotopic (exact) mass is 303 g/mol. The number of hydrogen-bond acceptors (Lipinski definition) is 4. The van der Waals surface area contributed by atoms with E-state index in [4.69, 9.17) is 4.74 Å². The van der Waals surface area contributed by atoms with E-state index in [0.717, 1.165) is 31.9 Å². The highest BCUT2D eigenvalue weighted by Gasteiger charge is 2.38. The van der Waals surface area contributed by atoms with E-state index in [2.05, 4.69) is 21.7 Å². The molecule has 1 aromatic heterocycles. The maximum atomic E-state index is 10.9. The van der Waals surface area contributed by atoms with Gasteiger partial charge < -0.3 is 15.4 Å². The molecule has 1 amide bonds. The average Bonchev–Trinajstić information content (AvgIpc) is 3.08. The maximum absolute atomic E-state index is 10.9. The maximum Gasteiger partial charge on any atom is 0.216 e. The molecule has 5 heteroatoms. The van der Waals surface area contributed by atoms with Crippen LogP contribution >= 0.6 is 0 Å². The van der Waals surface area contributed by atoms with Crippen LogP contribution in [0.5, 0.6) is 5.75 Å². The Kier molecular flexibility index (Phi) is 4.93. The third-order valence-corrected chi connectivity index (χ3v) is 4.59. The Bertz CT molecular complexity index is 514. The number of amides is 1. The van der Waals surface area contributed by atoms with Gasteiger partial charge in [-0.2, -0.15) is 0 Å². The number of rotatable bonds is 7. The SMILES string of the molecule is CC(=O)NCC[C@@H]1C[C@@H]1c1cncc(OC[C@@H]2CCCN2)c1. The molecule has 3 rings (SSSR count). The van der Waals surface area contributed by atoms with E-state index in [1.807, 2.05) is 6.20 Å². The third-order valence-electron chi connectivity index (χ3n) is 4.59. The Labute approximate surface area is 131 Å². The van der Waals surface area contributed by atoms with Gasteiger partial charge in [-0.1, -0.05) is 0 Å². The molecule has 0 spiro atoms. The summed E-state index contributed by atoms with van der Waals surface area (Å²) in [5.41, 5.74) is 1.27. The molecule has 0 bridgehead atoms. The molecule has 2 heterocycles. The predicted molar refractivity (Wildman–Crippen MR) is 84.9 cm³/mol. The normalized spacial score (nSPS) is 26.7. The van der Waals surface area contributed by atoms with Gasteiger partial charge in [-0.05, 0) is 55.7 Å². The number of ether oxygens (including phenoxy) is 1. The number of aromatic nitrogens is 1. The van der Waals surface area contributed by atoms with Crippen molar-refractivity contribution in [2.75, 3.05) is 19.7 Å². The zero-order chi connectivity index (χ0) is 15.4. The van der Waals surface area contributed by atoms with Gasteiger partial charge in [-0.3, -0.25) is 9.78 Å². The van der Waals surface area contributed by atoms with Gasteiger partial charge in [0.05, 0.1) is 6.20 Å². The van der Waals surface area contributed by atoms with Crippen molar-refractivity contribution in [1.82, 2.24) is 15.6 Å². The van der Waals surface area contributed by atoms with Crippen molar-refractivity contribution in [3.05, 3.63) is 24.0 Å². The zero-order valence-corrected chi connectivity index (χ0v) is 13.2. The summed E-state index contributed by atoms with van der Waals surface area (Å²) in [6, 6.07) is 2.61. The van der Waals surface area contributed by atoms with Crippen molar-refractivity contribution < 1.29 is 9.53 Å². The highest BCUT2D eigenvalue weighted by Crippen LogP contribution is 2.49. The summed E-state index contributed by atoms with van der Waals surface area (Å²) in [7, 11) is 0. The van der Waals surface area contributed by atoms with E-state index < -0.39 is 0 Å². The summed E-state index contributed by atoms with van der Waals surface area (Å²) in [5, 5.41) is 6.30. The second kappa shape index (κ2) is 7.09. The third kappa shape index (κ3) is 4.19. The largest absolute Gasteiger partial charge is 0.490 e. The molecule has 0 unspecified atom stereocenters. The Morgan fingerprint density at radius 1 is 1.50 bits per heavy atom. The molecule has 5 nitrogen and oxygen atoms in total. The van der Waals surface area contributed by atoms with Crippen LogP contribution in [0.1, 0.15) is 44.1 Å². The first-order chi connectivity index (χ1) is 10.7. The molecule has 2 N–H and O–H groups in total. The first-order valence-electron chi connectivity index (χ1n) is 8.28. The number of pyridine rings is 1. The highest BCUT2D eigenvalue weighted by atomic mass is 16.5. The lowest BCUT2D eigenvalue weighted by atomic mass is 10.1. The van der Waals surface area contributed by atoms with E-state index in [1.54, 1.807) is 13.1 Å². The molecule has 3 atom stereocenters. The van der Waals surface area contributed by atoms with Gasteiger partial charge in [-0.25, -0.2) is 0 Å². The van der Waals surface area contributed by atoms with E-state index in [0.29, 0.717) is 17.9 Å². The van der Waals surface area contributed by atoms with Gasteiger partial charge in [0.1, 0.15) is 12.4 Å². The van der Waals surface area contributed by atoms with Crippen molar-refractivity contribution in [2.24, 2.45) is 5.92 Å². The molecule has 2 aliphatic rings. The van der Waals surface area contributed by atoms with Gasteiger partial charge in [0, 0.05) is 25.7 Å². The van der Waals surface area contributed by atoms with Crippen LogP contribution in [0.15, 0.2) is 18.5 Å². The summed E-state index contributed by atoms with van der Waals surface area (Å²) >= 11 is 0. The smallest absolute Gasteiger partial charge is 0.216 e. The fraction of sp³-hybridized carbons (Fsp3) is 0.647. The Morgan fingerprint density at radius 3 is 3.18 bits per heavy atom. The van der Waals surface area contributed by atoms with E-state index in [9.17, 15) is 4.79 Å². The molecule has 1 saturated carbocycles. The van der Waals surface area contributed by atoms with Gasteiger partial charge in [0.15, 0.2) is 0 Å². The van der Waals surface area contributed by atoms with Crippen LogP contribution in [-0.2, 0) is 4.79 Å². The molecule has 1 aliphatic carbocycles. The van der Waals surface area contributed by atoms with Crippen molar-refractivity contribution >= 4 is 5.91 Å². The van der Waals surface area contributed by atoms with Crippen molar-refractivity contribution in [3.8, 4) is 5.75 Å². The summed E-state index contributed by atoms with van der Waals surface area (Å²) in [6.45, 7) is 4.16. The van der Waals surface area contributed by atoms with Crippen molar-refractivity contribution in [2.45, 2.75) is 44.6 Å². The van der Waals surface area contributed by atoms with Crippen LogP contribution < -0.4 is 15.4 Å². The summed E-state index contributed by atoms with van der Waals surface area (Å²) in [4.78, 5) is 15.2. The van der Waals surface area contributed by atoms with Gasteiger partial charge in [-0.15, -0.1) is 0 Å². The first-order valence-corrected chi connectivity index (χ1v) is 8.28. The first kappa shape index (κ1) is 15.3. The number of nitrogens with one attached hydrogen (secondary N) is 2. The number of carbonyl (C=O) groups is 1. The van der Waals surface area contributed by atoms with Crippen LogP contribution in [0.3, 0.4) is 0 Å². The number of hydrogen-bond donors (Lipinski definition) is 2.